The zero-order valence-electron chi connectivity index (χ0n) is 17.0. The lowest BCUT2D eigenvalue weighted by Crippen LogP contribution is -2.26. The van der Waals surface area contributed by atoms with E-state index >= 15 is 0 Å². The Kier molecular flexibility index (Phi) is 7.77. The number of carboxylic acids is 1. The molecule has 0 aliphatic rings. The number of amides is 1. The fourth-order valence-electron chi connectivity index (χ4n) is 2.63. The average Bonchev–Trinajstić information content (AvgIpc) is 3.09. The summed E-state index contributed by atoms with van der Waals surface area (Å²) in [7, 11) is -2.16. The van der Waals surface area contributed by atoms with E-state index in [0.717, 1.165) is 17.0 Å². The molecule has 0 aliphatic carbocycles. The van der Waals surface area contributed by atoms with Crippen molar-refractivity contribution in [3.63, 3.8) is 0 Å². The van der Waals surface area contributed by atoms with Gasteiger partial charge in [-0.25, -0.2) is 0 Å². The first-order valence-corrected chi connectivity index (χ1v) is 12.4. The molecular formula is C20H22F3NO5S2. The number of ketones is 1. The maximum absolute atomic E-state index is 13.0. The highest BCUT2D eigenvalue weighted by atomic mass is 32.3. The van der Waals surface area contributed by atoms with Crippen LogP contribution in [0.25, 0.3) is 0 Å². The first-order valence-electron chi connectivity index (χ1n) is 9.18. The Morgan fingerprint density at radius 2 is 1.77 bits per heavy atom. The third-order valence-corrected chi connectivity index (χ3v) is 8.82. The summed E-state index contributed by atoms with van der Waals surface area (Å²) < 4.78 is 40.8. The van der Waals surface area contributed by atoms with Gasteiger partial charge in [0.25, 0.3) is 5.24 Å². The van der Waals surface area contributed by atoms with Crippen molar-refractivity contribution in [2.24, 2.45) is 0 Å². The quantitative estimate of drug-likeness (QED) is 0.489. The SMILES string of the molecule is CCc1cc(C(=O)c2ccc(OC(F)(F)F)cc2)c(NC(=O)S(C)(CC)CC(=O)O)s1. The lowest BCUT2D eigenvalue weighted by molar-refractivity contribution is -0.274. The summed E-state index contributed by atoms with van der Waals surface area (Å²) in [5.41, 5.74) is 0.328. The zero-order valence-corrected chi connectivity index (χ0v) is 18.7. The second kappa shape index (κ2) is 9.73. The number of ether oxygens (including phenoxy) is 1. The molecule has 0 radical (unpaired) electrons. The molecule has 2 aromatic rings. The Morgan fingerprint density at radius 1 is 1.16 bits per heavy atom. The van der Waals surface area contributed by atoms with Crippen LogP contribution >= 0.6 is 21.4 Å². The maximum Gasteiger partial charge on any atom is 0.573 e. The van der Waals surface area contributed by atoms with Gasteiger partial charge in [0.2, 0.25) is 0 Å². The molecule has 0 saturated carbocycles. The van der Waals surface area contributed by atoms with Gasteiger partial charge in [0.1, 0.15) is 10.8 Å². The Labute approximate surface area is 182 Å². The topological polar surface area (TPSA) is 92.7 Å². The molecular weight excluding hydrogens is 455 g/mol. The minimum atomic E-state index is -4.84. The fraction of sp³-hybridized carbons (Fsp3) is 0.350. The van der Waals surface area contributed by atoms with Crippen molar-refractivity contribution in [2.45, 2.75) is 26.6 Å². The Morgan fingerprint density at radius 3 is 2.26 bits per heavy atom. The number of aryl methyl sites for hydroxylation is 1. The molecule has 1 aromatic carbocycles. The summed E-state index contributed by atoms with van der Waals surface area (Å²) in [5.74, 6) is -1.93. The number of thiophene rings is 1. The van der Waals surface area contributed by atoms with Crippen LogP contribution in [-0.2, 0) is 11.2 Å². The van der Waals surface area contributed by atoms with Crippen LogP contribution in [0.5, 0.6) is 5.75 Å². The van der Waals surface area contributed by atoms with Crippen molar-refractivity contribution in [3.05, 3.63) is 46.3 Å². The molecule has 2 N–H and O–H groups in total. The zero-order chi connectivity index (χ0) is 23.4. The molecule has 1 unspecified atom stereocenters. The van der Waals surface area contributed by atoms with Crippen LogP contribution in [0.1, 0.15) is 34.6 Å². The lowest BCUT2D eigenvalue weighted by Gasteiger charge is -2.30. The highest BCUT2D eigenvalue weighted by molar-refractivity contribution is 8.45. The number of benzene rings is 1. The van der Waals surface area contributed by atoms with E-state index in [4.69, 9.17) is 5.11 Å². The monoisotopic (exact) mass is 477 g/mol. The molecule has 2 rings (SSSR count). The normalized spacial score (nSPS) is 14.4. The summed E-state index contributed by atoms with van der Waals surface area (Å²) in [4.78, 5) is 37.8. The van der Waals surface area contributed by atoms with Crippen molar-refractivity contribution in [1.82, 2.24) is 0 Å². The minimum Gasteiger partial charge on any atom is -0.481 e. The molecule has 1 atom stereocenters. The van der Waals surface area contributed by atoms with Gasteiger partial charge in [0.15, 0.2) is 5.78 Å². The number of hydrogen-bond donors (Lipinski definition) is 2. The van der Waals surface area contributed by atoms with Crippen LogP contribution in [0, 0.1) is 0 Å². The van der Waals surface area contributed by atoms with Gasteiger partial charge in [-0.05, 0) is 48.8 Å². The van der Waals surface area contributed by atoms with Gasteiger partial charge in [0, 0.05) is 10.4 Å². The number of nitrogens with one attached hydrogen (secondary N) is 1. The number of rotatable bonds is 8. The van der Waals surface area contributed by atoms with E-state index in [2.05, 4.69) is 10.1 Å². The summed E-state index contributed by atoms with van der Waals surface area (Å²) >= 11 is 1.21. The second-order valence-corrected chi connectivity index (χ2v) is 11.6. The number of alkyl halides is 3. The highest BCUT2D eigenvalue weighted by Gasteiger charge is 2.32. The predicted octanol–water partition coefficient (Wildman–Crippen LogP) is 5.51. The number of aliphatic carboxylic acids is 1. The van der Waals surface area contributed by atoms with Gasteiger partial charge in [0.05, 0.1) is 11.3 Å². The van der Waals surface area contributed by atoms with Crippen molar-refractivity contribution in [3.8, 4) is 5.75 Å². The van der Waals surface area contributed by atoms with Crippen molar-refractivity contribution in [2.75, 3.05) is 23.1 Å². The van der Waals surface area contributed by atoms with Crippen molar-refractivity contribution >= 4 is 43.4 Å². The minimum absolute atomic E-state index is 0.126. The van der Waals surface area contributed by atoms with E-state index in [1.165, 1.54) is 23.5 Å². The summed E-state index contributed by atoms with van der Waals surface area (Å²) in [6, 6.07) is 6.13. The van der Waals surface area contributed by atoms with Crippen molar-refractivity contribution < 1.29 is 37.4 Å². The molecule has 1 heterocycles. The van der Waals surface area contributed by atoms with E-state index in [1.807, 2.05) is 6.92 Å². The molecule has 0 spiro atoms. The number of halogens is 3. The number of carbonyl (C=O) groups is 3. The number of hydrogen-bond acceptors (Lipinski definition) is 5. The smallest absolute Gasteiger partial charge is 0.481 e. The van der Waals surface area contributed by atoms with Crippen LogP contribution in [-0.4, -0.2) is 46.2 Å². The van der Waals surface area contributed by atoms with Crippen LogP contribution in [0.15, 0.2) is 30.3 Å². The summed E-state index contributed by atoms with van der Waals surface area (Å²) in [6.07, 6.45) is -2.62. The standard InChI is InChI=1S/C20H22F3NO5S2/c1-4-14-10-15(17(27)12-6-8-13(9-7-12)29-20(21,22)23)18(30-14)24-19(28)31(3,5-2)11-16(25)26/h6-10H,4-5,11H2,1-3H3,(H,24,28)(H,25,26). The van der Waals surface area contributed by atoms with Crippen LogP contribution in [0.2, 0.25) is 0 Å². The maximum atomic E-state index is 13.0. The molecule has 0 fully saturated rings. The highest BCUT2D eigenvalue weighted by Crippen LogP contribution is 2.46. The lowest BCUT2D eigenvalue weighted by atomic mass is 10.0. The van der Waals surface area contributed by atoms with E-state index in [1.54, 1.807) is 19.2 Å². The number of carbonyl (C=O) groups excluding carboxylic acids is 2. The molecule has 0 bridgehead atoms. The van der Waals surface area contributed by atoms with Gasteiger partial charge < -0.3 is 15.2 Å². The third-order valence-electron chi connectivity index (χ3n) is 4.47. The van der Waals surface area contributed by atoms with Crippen molar-refractivity contribution in [1.29, 1.82) is 0 Å². The molecule has 1 aromatic heterocycles. The van der Waals surface area contributed by atoms with E-state index in [0.29, 0.717) is 17.2 Å². The Hall–Kier alpha value is -2.53. The van der Waals surface area contributed by atoms with Gasteiger partial charge in [-0.1, -0.05) is 13.8 Å². The molecule has 1 amide bonds. The van der Waals surface area contributed by atoms with Crippen LogP contribution < -0.4 is 10.1 Å². The van der Waals surface area contributed by atoms with Crippen LogP contribution in [0.4, 0.5) is 23.0 Å². The van der Waals surface area contributed by atoms with Gasteiger partial charge in [-0.3, -0.25) is 14.4 Å². The molecule has 0 saturated heterocycles. The third kappa shape index (κ3) is 6.47. The predicted molar refractivity (Wildman–Crippen MR) is 116 cm³/mol. The van der Waals surface area contributed by atoms with Crippen LogP contribution in [0.3, 0.4) is 0 Å². The number of carboxylic acid groups (broad SMARTS) is 1. The summed E-state index contributed by atoms with van der Waals surface area (Å²) in [6.45, 7) is 3.61. The number of anilines is 1. The van der Waals surface area contributed by atoms with E-state index in [9.17, 15) is 27.6 Å². The molecule has 170 valence electrons. The Balaban J connectivity index is 2.31. The Bertz CT molecular complexity index is 972. The summed E-state index contributed by atoms with van der Waals surface area (Å²) in [5, 5.41) is 11.7. The largest absolute Gasteiger partial charge is 0.573 e. The first-order chi connectivity index (χ1) is 14.4. The van der Waals surface area contributed by atoms with Gasteiger partial charge >= 0.3 is 12.3 Å². The molecule has 11 heteroatoms. The van der Waals surface area contributed by atoms with Gasteiger partial charge in [-0.2, -0.15) is 10.0 Å². The second-order valence-electron chi connectivity index (χ2n) is 6.72. The molecule has 31 heavy (non-hydrogen) atoms. The molecule has 6 nitrogen and oxygen atoms in total. The average molecular weight is 478 g/mol. The first kappa shape index (κ1) is 24.7. The van der Waals surface area contributed by atoms with Gasteiger partial charge in [-0.15, -0.1) is 24.5 Å². The fourth-order valence-corrected chi connectivity index (χ4v) is 5.17. The van der Waals surface area contributed by atoms with E-state index < -0.39 is 39.1 Å². The molecule has 0 aliphatic heterocycles. The van der Waals surface area contributed by atoms with E-state index in [-0.39, 0.29) is 16.9 Å².